The molecule has 1 aromatic rings. The number of H-pyrrole nitrogens is 1. The lowest BCUT2D eigenvalue weighted by Crippen LogP contribution is -2.37. The van der Waals surface area contributed by atoms with Crippen LogP contribution in [0.4, 0.5) is 0 Å². The highest BCUT2D eigenvalue weighted by atomic mass is 31.2. The van der Waals surface area contributed by atoms with Crippen molar-refractivity contribution in [2.24, 2.45) is 5.50 Å². The Hall–Kier alpha value is -1.37. The Morgan fingerprint density at radius 2 is 1.86 bits per heavy atom. The van der Waals surface area contributed by atoms with Gasteiger partial charge in [0.25, 0.3) is 5.56 Å². The minimum Gasteiger partial charge on any atom is -0.394 e. The van der Waals surface area contributed by atoms with Gasteiger partial charge in [0.15, 0.2) is 6.23 Å². The van der Waals surface area contributed by atoms with Crippen LogP contribution in [0.3, 0.4) is 0 Å². The second-order valence-electron chi connectivity index (χ2n) is 4.34. The van der Waals surface area contributed by atoms with Crippen LogP contribution in [0.1, 0.15) is 6.23 Å². The molecule has 1 saturated heterocycles. The molecule has 8 N–H and O–H groups in total. The zero-order valence-corrected chi connectivity index (χ0v) is 11.9. The molecule has 0 aromatic carbocycles. The van der Waals surface area contributed by atoms with E-state index in [-0.39, 0.29) is 0 Å². The van der Waals surface area contributed by atoms with Crippen LogP contribution in [-0.4, -0.2) is 59.6 Å². The Kier molecular flexibility index (Phi) is 6.17. The van der Waals surface area contributed by atoms with E-state index in [0.717, 1.165) is 16.8 Å². The van der Waals surface area contributed by atoms with Gasteiger partial charge in [-0.3, -0.25) is 14.3 Å². The van der Waals surface area contributed by atoms with Gasteiger partial charge in [-0.15, -0.1) is 0 Å². The number of aromatic nitrogens is 2. The lowest BCUT2D eigenvalue weighted by molar-refractivity contribution is -0.0550. The Labute approximate surface area is 122 Å². The van der Waals surface area contributed by atoms with Crippen LogP contribution in [0.2, 0.25) is 0 Å². The summed E-state index contributed by atoms with van der Waals surface area (Å²) in [5.41, 5.74) is 2.69. The Balaban J connectivity index is 0.000000422. The molecule has 0 saturated carbocycles. The third-order valence-electron chi connectivity index (χ3n) is 2.64. The minimum atomic E-state index is -4.14. The summed E-state index contributed by atoms with van der Waals surface area (Å²) < 4.78 is 15.2. The molecule has 1 fully saturated rings. The van der Waals surface area contributed by atoms with Crippen LogP contribution < -0.4 is 16.8 Å². The van der Waals surface area contributed by atoms with Crippen LogP contribution in [0.25, 0.3) is 0 Å². The van der Waals surface area contributed by atoms with Crippen molar-refractivity contribution in [2.75, 3.05) is 6.61 Å². The second-order valence-corrected chi connectivity index (χ2v) is 5.51. The van der Waals surface area contributed by atoms with Gasteiger partial charge in [-0.2, -0.15) is 0 Å². The predicted molar refractivity (Wildman–Crippen MR) is 70.6 cm³/mol. The van der Waals surface area contributed by atoms with Gasteiger partial charge in [-0.05, 0) is 0 Å². The number of aliphatic hydroxyl groups is 3. The lowest BCUT2D eigenvalue weighted by Gasteiger charge is -2.16. The molecular weight excluding hydrogens is 325 g/mol. The van der Waals surface area contributed by atoms with Gasteiger partial charge in [0.1, 0.15) is 18.3 Å². The molecule has 1 aliphatic rings. The Bertz CT molecular complexity index is 644. The molecule has 0 spiro atoms. The first-order valence-electron chi connectivity index (χ1n) is 5.82. The van der Waals surface area contributed by atoms with E-state index < -0.39 is 50.1 Å². The van der Waals surface area contributed by atoms with E-state index in [1.54, 1.807) is 0 Å². The molecule has 0 amide bonds. The van der Waals surface area contributed by atoms with Crippen LogP contribution >= 0.6 is 7.75 Å². The third-order valence-corrected chi connectivity index (χ3v) is 2.64. The number of aromatic amines is 1. The van der Waals surface area contributed by atoms with E-state index in [1.165, 1.54) is 0 Å². The van der Waals surface area contributed by atoms with Crippen molar-refractivity contribution < 1.29 is 34.4 Å². The summed E-state index contributed by atoms with van der Waals surface area (Å²) in [6, 6.07) is 1.09. The number of nitrogens with one attached hydrogen (secondary N) is 1. The first kappa shape index (κ1) is 18.7. The fourth-order valence-corrected chi connectivity index (χ4v) is 1.74. The maximum atomic E-state index is 11.4. The van der Waals surface area contributed by atoms with Gasteiger partial charge in [0.2, 0.25) is 0 Å². The fraction of sp³-hybridized carbons (Fsp3) is 0.556. The molecule has 0 radical (unpaired) electrons. The molecule has 2 rings (SSSR count). The smallest absolute Gasteiger partial charge is 0.394 e. The highest BCUT2D eigenvalue weighted by Crippen LogP contribution is 2.27. The van der Waals surface area contributed by atoms with Crippen molar-refractivity contribution in [1.29, 1.82) is 0 Å². The number of aliphatic hydroxyl groups excluding tert-OH is 3. The van der Waals surface area contributed by atoms with Gasteiger partial charge in [-0.1, -0.05) is 0 Å². The van der Waals surface area contributed by atoms with Gasteiger partial charge in [0, 0.05) is 12.3 Å². The van der Waals surface area contributed by atoms with E-state index in [2.05, 4.69) is 5.50 Å². The van der Waals surface area contributed by atoms with E-state index in [9.17, 15) is 19.8 Å². The number of nitrogens with two attached hydrogens (primary N) is 1. The first-order valence-corrected chi connectivity index (χ1v) is 7.50. The summed E-state index contributed by atoms with van der Waals surface area (Å²) in [6.07, 6.45) is -3.58. The van der Waals surface area contributed by atoms with Crippen molar-refractivity contribution in [1.82, 2.24) is 9.55 Å². The number of ether oxygens (including phenoxy) is 1. The molecule has 126 valence electrons. The molecule has 1 aliphatic heterocycles. The second kappa shape index (κ2) is 7.26. The number of rotatable bonds is 2. The van der Waals surface area contributed by atoms with Gasteiger partial charge < -0.3 is 29.8 Å². The molecule has 0 bridgehead atoms. The highest BCUT2D eigenvalue weighted by molar-refractivity contribution is 7.49. The SMILES string of the molecule is NP(=O)(O)O.O=c1ccn([C@@H]2O[C@H](CO)[C@@H](O)[C@H]2O)c(=O)[nH]1. The van der Waals surface area contributed by atoms with Gasteiger partial charge in [-0.25, -0.2) is 14.9 Å². The highest BCUT2D eigenvalue weighted by Gasteiger charge is 2.43. The largest absolute Gasteiger partial charge is 0.397 e. The summed E-state index contributed by atoms with van der Waals surface area (Å²) in [7, 11) is -4.14. The van der Waals surface area contributed by atoms with Gasteiger partial charge in [0.05, 0.1) is 6.61 Å². The van der Waals surface area contributed by atoms with Crippen molar-refractivity contribution in [3.63, 3.8) is 0 Å². The molecule has 4 atom stereocenters. The molecule has 12 nitrogen and oxygen atoms in total. The van der Waals surface area contributed by atoms with Crippen molar-refractivity contribution in [3.05, 3.63) is 33.1 Å². The zero-order chi connectivity index (χ0) is 17.1. The lowest BCUT2D eigenvalue weighted by atomic mass is 10.1. The molecular formula is C9H16N3O9P. The molecule has 0 unspecified atom stereocenters. The van der Waals surface area contributed by atoms with Gasteiger partial charge >= 0.3 is 13.4 Å². The first-order chi connectivity index (χ1) is 10.0. The summed E-state index contributed by atoms with van der Waals surface area (Å²) in [5, 5.41) is 28.1. The topological polar surface area (TPSA) is 208 Å². The maximum absolute atomic E-state index is 11.4. The Morgan fingerprint density at radius 1 is 1.32 bits per heavy atom. The number of nitrogens with zero attached hydrogens (tertiary/aromatic N) is 1. The molecule has 1 aromatic heterocycles. The van der Waals surface area contributed by atoms with E-state index in [0.29, 0.717) is 0 Å². The van der Waals surface area contributed by atoms with Crippen LogP contribution in [0.5, 0.6) is 0 Å². The predicted octanol–water partition coefficient (Wildman–Crippen LogP) is -3.81. The average molecular weight is 341 g/mol. The fourth-order valence-electron chi connectivity index (χ4n) is 1.74. The molecule has 22 heavy (non-hydrogen) atoms. The van der Waals surface area contributed by atoms with Crippen LogP contribution in [0, 0.1) is 0 Å². The average Bonchev–Trinajstić information content (AvgIpc) is 2.64. The summed E-state index contributed by atoms with van der Waals surface area (Å²) >= 11 is 0. The van der Waals surface area contributed by atoms with Crippen molar-refractivity contribution in [2.45, 2.75) is 24.5 Å². The standard InChI is InChI=1S/C9H12N2O6.H4NO3P/c12-3-4-6(14)7(15)8(17-4)11-2-1-5(13)10-9(11)16;1-5(2,3)4/h1-2,4,6-8,12,14-15H,3H2,(H,10,13,16);(H4,1,2,3,4)/t4-,6-,7-,8-;/m1./s1. The monoisotopic (exact) mass is 341 g/mol. The van der Waals surface area contributed by atoms with Crippen LogP contribution in [-0.2, 0) is 9.30 Å². The van der Waals surface area contributed by atoms with E-state index in [4.69, 9.17) is 24.2 Å². The van der Waals surface area contributed by atoms with Crippen molar-refractivity contribution in [3.8, 4) is 0 Å². The third kappa shape index (κ3) is 5.12. The summed E-state index contributed by atoms with van der Waals surface area (Å²) in [6.45, 7) is -0.479. The molecule has 2 heterocycles. The zero-order valence-electron chi connectivity index (χ0n) is 11.0. The van der Waals surface area contributed by atoms with Crippen LogP contribution in [0.15, 0.2) is 21.9 Å². The quantitative estimate of drug-likeness (QED) is 0.261. The Morgan fingerprint density at radius 3 is 2.27 bits per heavy atom. The normalized spacial score (nSPS) is 28.1. The summed E-state index contributed by atoms with van der Waals surface area (Å²) in [4.78, 5) is 39.1. The van der Waals surface area contributed by atoms with E-state index >= 15 is 0 Å². The number of hydrogen-bond donors (Lipinski definition) is 7. The maximum Gasteiger partial charge on any atom is 0.397 e. The summed E-state index contributed by atoms with van der Waals surface area (Å²) in [5.74, 6) is 0. The minimum absolute atomic E-state index is 0.479. The van der Waals surface area contributed by atoms with Crippen molar-refractivity contribution >= 4 is 7.75 Å². The number of hydrogen-bond acceptors (Lipinski definition) is 7. The van der Waals surface area contributed by atoms with E-state index in [1.807, 2.05) is 4.98 Å². The molecule has 13 heteroatoms. The molecule has 0 aliphatic carbocycles.